The first-order valence-corrected chi connectivity index (χ1v) is 8.89. The molecule has 0 radical (unpaired) electrons. The average Bonchev–Trinajstić information content (AvgIpc) is 3.10. The molecule has 0 aliphatic carbocycles. The van der Waals surface area contributed by atoms with Gasteiger partial charge in [-0.2, -0.15) is 0 Å². The number of ether oxygens (including phenoxy) is 1. The Bertz CT molecular complexity index is 1240. The molecular formula is C21H19N3O4. The summed E-state index contributed by atoms with van der Waals surface area (Å²) < 4.78 is 12.2. The summed E-state index contributed by atoms with van der Waals surface area (Å²) >= 11 is 0. The molecule has 2 aromatic carbocycles. The number of benzene rings is 2. The van der Waals surface area contributed by atoms with Gasteiger partial charge in [0.25, 0.3) is 0 Å². The van der Waals surface area contributed by atoms with E-state index in [4.69, 9.17) is 9.15 Å². The highest BCUT2D eigenvalue weighted by atomic mass is 16.5. The molecule has 0 saturated carbocycles. The second-order valence-electron chi connectivity index (χ2n) is 6.49. The number of rotatable bonds is 5. The van der Waals surface area contributed by atoms with Gasteiger partial charge < -0.3 is 9.15 Å². The zero-order chi connectivity index (χ0) is 19.7. The number of carbonyl (C=O) groups is 1. The third kappa shape index (κ3) is 3.22. The number of hydrogen-bond donors (Lipinski definition) is 1. The Morgan fingerprint density at radius 2 is 2.07 bits per heavy atom. The van der Waals surface area contributed by atoms with Crippen molar-refractivity contribution in [1.82, 2.24) is 9.66 Å². The van der Waals surface area contributed by atoms with Crippen LogP contribution >= 0.6 is 0 Å². The van der Waals surface area contributed by atoms with E-state index in [0.29, 0.717) is 16.9 Å². The van der Waals surface area contributed by atoms with Crippen LogP contribution in [0.1, 0.15) is 17.5 Å². The molecule has 0 aliphatic rings. The molecule has 28 heavy (non-hydrogen) atoms. The smallest absolute Gasteiger partial charge is 0.339 e. The van der Waals surface area contributed by atoms with E-state index in [2.05, 4.69) is 10.4 Å². The number of para-hydroxylation sites is 2. The lowest BCUT2D eigenvalue weighted by Crippen LogP contribution is -2.23. The van der Waals surface area contributed by atoms with Gasteiger partial charge in [0.15, 0.2) is 0 Å². The minimum Gasteiger partial charge on any atom is -0.497 e. The number of nitrogens with zero attached hydrogens (tertiary/aromatic N) is 2. The normalized spacial score (nSPS) is 11.1. The average molecular weight is 377 g/mol. The van der Waals surface area contributed by atoms with Crippen LogP contribution in [0, 0.1) is 6.92 Å². The second-order valence-corrected chi connectivity index (χ2v) is 6.49. The fraction of sp³-hybridized carbons (Fsp3) is 0.190. The van der Waals surface area contributed by atoms with Crippen molar-refractivity contribution < 1.29 is 13.9 Å². The van der Waals surface area contributed by atoms with Crippen molar-refractivity contribution in [2.75, 3.05) is 12.5 Å². The molecule has 2 heterocycles. The highest BCUT2D eigenvalue weighted by molar-refractivity contribution is 5.87. The predicted molar refractivity (Wildman–Crippen MR) is 106 cm³/mol. The first-order chi connectivity index (χ1) is 13.6. The molecule has 1 amide bonds. The summed E-state index contributed by atoms with van der Waals surface area (Å²) in [6, 6.07) is 12.9. The van der Waals surface area contributed by atoms with E-state index < -0.39 is 5.63 Å². The molecule has 1 N–H and O–H groups in total. The molecule has 0 bridgehead atoms. The van der Waals surface area contributed by atoms with E-state index in [1.165, 1.54) is 0 Å². The molecule has 4 rings (SSSR count). The summed E-state index contributed by atoms with van der Waals surface area (Å²) in [5.74, 6) is 0.409. The van der Waals surface area contributed by atoms with E-state index in [1.807, 2.05) is 43.3 Å². The van der Waals surface area contributed by atoms with Gasteiger partial charge in [-0.3, -0.25) is 10.2 Å². The monoisotopic (exact) mass is 377 g/mol. The molecule has 0 atom stereocenters. The number of amides is 1. The highest BCUT2D eigenvalue weighted by Gasteiger charge is 2.14. The minimum atomic E-state index is -0.431. The second kappa shape index (κ2) is 7.19. The van der Waals surface area contributed by atoms with E-state index in [1.54, 1.807) is 24.2 Å². The van der Waals surface area contributed by atoms with Crippen molar-refractivity contribution in [3.63, 3.8) is 0 Å². The van der Waals surface area contributed by atoms with E-state index in [9.17, 15) is 9.59 Å². The fourth-order valence-electron chi connectivity index (χ4n) is 3.27. The van der Waals surface area contributed by atoms with Crippen molar-refractivity contribution in [3.05, 3.63) is 70.3 Å². The molecule has 142 valence electrons. The Balaban J connectivity index is 1.53. The Labute approximate surface area is 160 Å². The van der Waals surface area contributed by atoms with Gasteiger partial charge in [0, 0.05) is 23.4 Å². The van der Waals surface area contributed by atoms with Crippen LogP contribution in [0.4, 0.5) is 0 Å². The summed E-state index contributed by atoms with van der Waals surface area (Å²) in [7, 11) is 1.56. The maximum atomic E-state index is 12.4. The molecule has 4 aromatic rings. The third-order valence-corrected chi connectivity index (χ3v) is 4.80. The molecule has 0 aliphatic heterocycles. The summed E-state index contributed by atoms with van der Waals surface area (Å²) in [6.07, 6.45) is 2.00. The molecule has 0 unspecified atom stereocenters. The summed E-state index contributed by atoms with van der Waals surface area (Å²) in [5.41, 5.74) is 5.76. The maximum Gasteiger partial charge on any atom is 0.339 e. The molecule has 7 nitrogen and oxygen atoms in total. The number of carbonyl (C=O) groups excluding carboxylic acids is 1. The molecule has 2 aromatic heterocycles. The van der Waals surface area contributed by atoms with Crippen LogP contribution in [-0.2, 0) is 11.2 Å². The van der Waals surface area contributed by atoms with Crippen LogP contribution in [0.3, 0.4) is 0 Å². The summed E-state index contributed by atoms with van der Waals surface area (Å²) in [5, 5.41) is 0.830. The standard InChI is InChI=1S/C21H19N3O4/c1-13-15-8-7-14(27-2)11-19(15)28-21(26)16(13)9-10-20(25)23-24-12-22-17-5-3-4-6-18(17)24/h3-8,11-12H,9-10H2,1-2H3,(H,23,25). The Kier molecular flexibility index (Phi) is 4.57. The molecule has 7 heteroatoms. The van der Waals surface area contributed by atoms with Crippen LogP contribution in [0.15, 0.2) is 58.0 Å². The first-order valence-electron chi connectivity index (χ1n) is 8.89. The molecular weight excluding hydrogens is 358 g/mol. The largest absolute Gasteiger partial charge is 0.497 e. The van der Waals surface area contributed by atoms with Gasteiger partial charge in [0.1, 0.15) is 17.7 Å². The summed E-state index contributed by atoms with van der Waals surface area (Å²) in [6.45, 7) is 1.86. The Morgan fingerprint density at radius 3 is 2.89 bits per heavy atom. The highest BCUT2D eigenvalue weighted by Crippen LogP contribution is 2.24. The fourth-order valence-corrected chi connectivity index (χ4v) is 3.27. The number of fused-ring (bicyclic) bond motifs is 2. The van der Waals surface area contributed by atoms with Crippen molar-refractivity contribution in [3.8, 4) is 5.75 Å². The van der Waals surface area contributed by atoms with Crippen LogP contribution < -0.4 is 15.8 Å². The number of methoxy groups -OCH3 is 1. The number of hydrogen-bond acceptors (Lipinski definition) is 5. The van der Waals surface area contributed by atoms with Gasteiger partial charge in [0.05, 0.1) is 18.1 Å². The van der Waals surface area contributed by atoms with Crippen LogP contribution in [0.5, 0.6) is 5.75 Å². The van der Waals surface area contributed by atoms with E-state index in [-0.39, 0.29) is 18.7 Å². The molecule has 0 saturated heterocycles. The van der Waals surface area contributed by atoms with E-state index in [0.717, 1.165) is 22.0 Å². The lowest BCUT2D eigenvalue weighted by Gasteiger charge is -2.10. The zero-order valence-corrected chi connectivity index (χ0v) is 15.6. The number of aromatic nitrogens is 2. The van der Waals surface area contributed by atoms with Gasteiger partial charge in [-0.1, -0.05) is 12.1 Å². The summed E-state index contributed by atoms with van der Waals surface area (Å²) in [4.78, 5) is 29.0. The number of nitrogens with one attached hydrogen (secondary N) is 1. The quantitative estimate of drug-likeness (QED) is 0.540. The van der Waals surface area contributed by atoms with Crippen LogP contribution in [-0.4, -0.2) is 22.7 Å². The van der Waals surface area contributed by atoms with Crippen molar-refractivity contribution in [2.24, 2.45) is 0 Å². The minimum absolute atomic E-state index is 0.153. The SMILES string of the molecule is COc1ccc2c(C)c(CCC(=O)Nn3cnc4ccccc43)c(=O)oc2c1. The van der Waals surface area contributed by atoms with Gasteiger partial charge in [0.2, 0.25) is 5.91 Å². The zero-order valence-electron chi connectivity index (χ0n) is 15.6. The molecule has 0 spiro atoms. The topological polar surface area (TPSA) is 86.4 Å². The van der Waals surface area contributed by atoms with Gasteiger partial charge in [-0.05, 0) is 43.2 Å². The predicted octanol–water partition coefficient (Wildman–Crippen LogP) is 3.16. The van der Waals surface area contributed by atoms with Crippen LogP contribution in [0.2, 0.25) is 0 Å². The van der Waals surface area contributed by atoms with Crippen molar-refractivity contribution in [1.29, 1.82) is 0 Å². The van der Waals surface area contributed by atoms with Gasteiger partial charge in [-0.25, -0.2) is 14.5 Å². The van der Waals surface area contributed by atoms with Gasteiger partial charge in [-0.15, -0.1) is 0 Å². The lowest BCUT2D eigenvalue weighted by molar-refractivity contribution is -0.117. The lowest BCUT2D eigenvalue weighted by atomic mass is 10.0. The number of imidazole rings is 1. The third-order valence-electron chi connectivity index (χ3n) is 4.80. The first kappa shape index (κ1) is 17.8. The van der Waals surface area contributed by atoms with Crippen molar-refractivity contribution in [2.45, 2.75) is 19.8 Å². The Morgan fingerprint density at radius 1 is 1.25 bits per heavy atom. The van der Waals surface area contributed by atoms with Crippen molar-refractivity contribution >= 4 is 27.9 Å². The Hall–Kier alpha value is -3.61. The number of aryl methyl sites for hydroxylation is 1. The van der Waals surface area contributed by atoms with E-state index >= 15 is 0 Å². The van der Waals surface area contributed by atoms with Crippen LogP contribution in [0.25, 0.3) is 22.0 Å². The van der Waals surface area contributed by atoms with Gasteiger partial charge >= 0.3 is 5.63 Å². The molecule has 0 fully saturated rings. The maximum absolute atomic E-state index is 12.4.